The predicted molar refractivity (Wildman–Crippen MR) is 89.3 cm³/mol. The Morgan fingerprint density at radius 1 is 1.22 bits per heavy atom. The first-order valence-electron chi connectivity index (χ1n) is 7.76. The number of fused-ring (bicyclic) bond motifs is 2. The normalized spacial score (nSPS) is 13.5. The highest BCUT2D eigenvalue weighted by atomic mass is 15.2. The minimum atomic E-state index is 0.315. The number of rotatable bonds is 3. The van der Waals surface area contributed by atoms with Crippen molar-refractivity contribution in [2.75, 3.05) is 5.32 Å². The van der Waals surface area contributed by atoms with Crippen LogP contribution in [0.2, 0.25) is 0 Å². The van der Waals surface area contributed by atoms with Crippen molar-refractivity contribution < 1.29 is 0 Å². The van der Waals surface area contributed by atoms with Crippen LogP contribution in [0.1, 0.15) is 36.5 Å². The molecule has 116 valence electrons. The highest BCUT2D eigenvalue weighted by Crippen LogP contribution is 2.30. The zero-order valence-electron chi connectivity index (χ0n) is 13.4. The van der Waals surface area contributed by atoms with Crippen LogP contribution in [0.15, 0.2) is 30.6 Å². The lowest BCUT2D eigenvalue weighted by Gasteiger charge is -2.10. The Hall–Kier alpha value is -2.76. The molecule has 0 aliphatic heterocycles. The molecule has 1 aliphatic carbocycles. The molecule has 0 spiro atoms. The van der Waals surface area contributed by atoms with Crippen LogP contribution >= 0.6 is 0 Å². The molecule has 0 amide bonds. The fraction of sp³-hybridized carbons (Fsp3) is 0.294. The van der Waals surface area contributed by atoms with Gasteiger partial charge in [0.1, 0.15) is 0 Å². The van der Waals surface area contributed by atoms with E-state index in [1.807, 2.05) is 36.0 Å². The summed E-state index contributed by atoms with van der Waals surface area (Å²) in [4.78, 5) is 13.4. The summed E-state index contributed by atoms with van der Waals surface area (Å²) in [5, 5.41) is 7.91. The predicted octanol–water partition coefficient (Wildman–Crippen LogP) is 2.64. The maximum absolute atomic E-state index is 4.66. The van der Waals surface area contributed by atoms with Gasteiger partial charge >= 0.3 is 0 Å². The van der Waals surface area contributed by atoms with E-state index in [9.17, 15) is 0 Å². The summed E-state index contributed by atoms with van der Waals surface area (Å²) in [5.74, 6) is 0.682. The van der Waals surface area contributed by atoms with E-state index in [2.05, 4.69) is 45.3 Å². The summed E-state index contributed by atoms with van der Waals surface area (Å²) < 4.78 is 1.82. The first-order valence-corrected chi connectivity index (χ1v) is 7.76. The summed E-state index contributed by atoms with van der Waals surface area (Å²) >= 11 is 0. The zero-order valence-corrected chi connectivity index (χ0v) is 13.4. The lowest BCUT2D eigenvalue weighted by atomic mass is 10.1. The van der Waals surface area contributed by atoms with E-state index in [1.54, 1.807) is 0 Å². The van der Waals surface area contributed by atoms with Crippen molar-refractivity contribution in [2.24, 2.45) is 0 Å². The molecule has 23 heavy (non-hydrogen) atoms. The highest BCUT2D eigenvalue weighted by molar-refractivity contribution is 5.82. The molecule has 6 heteroatoms. The Morgan fingerprint density at radius 3 is 2.91 bits per heavy atom. The Balaban J connectivity index is 1.71. The first kappa shape index (κ1) is 13.9. The van der Waals surface area contributed by atoms with Gasteiger partial charge in [0.25, 0.3) is 0 Å². The van der Waals surface area contributed by atoms with Crippen LogP contribution < -0.4 is 5.32 Å². The van der Waals surface area contributed by atoms with Crippen LogP contribution in [0.5, 0.6) is 0 Å². The zero-order chi connectivity index (χ0) is 16.0. The van der Waals surface area contributed by atoms with Gasteiger partial charge in [-0.1, -0.05) is 6.08 Å². The first-order chi connectivity index (χ1) is 11.1. The number of anilines is 1. The maximum Gasteiger partial charge on any atom is 0.223 e. The minimum absolute atomic E-state index is 0.315. The van der Waals surface area contributed by atoms with Gasteiger partial charge in [0, 0.05) is 29.8 Å². The largest absolute Gasteiger partial charge is 0.352 e. The second kappa shape index (κ2) is 5.15. The van der Waals surface area contributed by atoms with Gasteiger partial charge in [0.05, 0.1) is 23.3 Å². The van der Waals surface area contributed by atoms with E-state index in [-0.39, 0.29) is 0 Å². The van der Waals surface area contributed by atoms with E-state index < -0.39 is 0 Å². The smallest absolute Gasteiger partial charge is 0.223 e. The molecule has 3 aromatic rings. The van der Waals surface area contributed by atoms with Gasteiger partial charge in [-0.2, -0.15) is 5.10 Å². The van der Waals surface area contributed by atoms with E-state index in [0.717, 1.165) is 40.3 Å². The van der Waals surface area contributed by atoms with Gasteiger partial charge < -0.3 is 5.32 Å². The third-order valence-electron chi connectivity index (χ3n) is 3.79. The molecule has 0 aromatic carbocycles. The number of nitrogens with one attached hydrogen (secondary N) is 1. The second-order valence-electron chi connectivity index (χ2n) is 6.08. The molecular weight excluding hydrogens is 288 g/mol. The maximum atomic E-state index is 4.66. The summed E-state index contributed by atoms with van der Waals surface area (Å²) in [7, 11) is 0. The van der Waals surface area contributed by atoms with E-state index in [0.29, 0.717) is 12.0 Å². The van der Waals surface area contributed by atoms with E-state index in [1.165, 1.54) is 0 Å². The van der Waals surface area contributed by atoms with Crippen molar-refractivity contribution in [1.82, 2.24) is 24.6 Å². The average Bonchev–Trinajstić information content (AvgIpc) is 3.07. The Morgan fingerprint density at radius 2 is 2.09 bits per heavy atom. The lowest BCUT2D eigenvalue weighted by Crippen LogP contribution is -2.13. The van der Waals surface area contributed by atoms with Crippen molar-refractivity contribution in [3.05, 3.63) is 53.2 Å². The molecule has 0 radical (unpaired) electrons. The van der Waals surface area contributed by atoms with Crippen LogP contribution in [0.25, 0.3) is 11.2 Å². The molecule has 0 saturated carbocycles. The Kier molecular flexibility index (Phi) is 3.11. The molecule has 3 aromatic heterocycles. The van der Waals surface area contributed by atoms with Crippen LogP contribution in [-0.2, 0) is 6.42 Å². The number of allylic oxidation sites excluding steroid dienone is 1. The molecule has 1 aliphatic rings. The molecule has 0 bridgehead atoms. The number of hydrogen-bond donors (Lipinski definition) is 1. The fourth-order valence-electron chi connectivity index (χ4n) is 2.82. The molecule has 3 heterocycles. The summed E-state index contributed by atoms with van der Waals surface area (Å²) in [5.41, 5.74) is 5.93. The molecular formula is C17H18N6. The van der Waals surface area contributed by atoms with Crippen molar-refractivity contribution >= 4 is 17.2 Å². The molecule has 4 rings (SSSR count). The Labute approximate surface area is 134 Å². The topological polar surface area (TPSA) is 68.0 Å². The molecule has 6 nitrogen and oxygen atoms in total. The number of hydrogen-bond acceptors (Lipinski definition) is 5. The van der Waals surface area contributed by atoms with Crippen molar-refractivity contribution in [3.8, 4) is 0 Å². The lowest BCUT2D eigenvalue weighted by molar-refractivity contribution is 0.868. The van der Waals surface area contributed by atoms with Gasteiger partial charge in [0.15, 0.2) is 5.65 Å². The van der Waals surface area contributed by atoms with Gasteiger partial charge in [-0.25, -0.2) is 19.5 Å². The summed E-state index contributed by atoms with van der Waals surface area (Å²) in [6.45, 7) is 6.12. The van der Waals surface area contributed by atoms with Crippen LogP contribution in [-0.4, -0.2) is 30.6 Å². The quantitative estimate of drug-likeness (QED) is 0.805. The van der Waals surface area contributed by atoms with Crippen molar-refractivity contribution in [3.63, 3.8) is 0 Å². The molecule has 0 unspecified atom stereocenters. The standard InChI is InChI=1S/C17H18N6/c1-10(2)19-17-18-8-13-12(4-5-14(13)21-17)15-6-7-16-20-11(3)9-23(16)22-15/h4,6-10H,5H2,1-3H3,(H,18,19,21). The third kappa shape index (κ3) is 2.46. The average molecular weight is 306 g/mol. The van der Waals surface area contributed by atoms with Crippen molar-refractivity contribution in [1.29, 1.82) is 0 Å². The van der Waals surface area contributed by atoms with Gasteiger partial charge in [-0.3, -0.25) is 0 Å². The van der Waals surface area contributed by atoms with Crippen LogP contribution in [0.4, 0.5) is 5.95 Å². The SMILES string of the molecule is Cc1cn2nc(C3=CCc4nc(NC(C)C)ncc43)ccc2n1. The molecule has 0 saturated heterocycles. The number of imidazole rings is 1. The molecule has 1 N–H and O–H groups in total. The summed E-state index contributed by atoms with van der Waals surface area (Å²) in [6.07, 6.45) is 6.79. The minimum Gasteiger partial charge on any atom is -0.352 e. The van der Waals surface area contributed by atoms with Gasteiger partial charge in [0.2, 0.25) is 5.95 Å². The Bertz CT molecular complexity index is 922. The molecule has 0 fully saturated rings. The van der Waals surface area contributed by atoms with Crippen LogP contribution in [0, 0.1) is 6.92 Å². The second-order valence-corrected chi connectivity index (χ2v) is 6.08. The molecule has 0 atom stereocenters. The van der Waals surface area contributed by atoms with E-state index in [4.69, 9.17) is 0 Å². The van der Waals surface area contributed by atoms with Gasteiger partial charge in [-0.15, -0.1) is 0 Å². The summed E-state index contributed by atoms with van der Waals surface area (Å²) in [6, 6.07) is 4.31. The third-order valence-corrected chi connectivity index (χ3v) is 3.79. The van der Waals surface area contributed by atoms with E-state index >= 15 is 0 Å². The van der Waals surface area contributed by atoms with Gasteiger partial charge in [-0.05, 0) is 32.9 Å². The van der Waals surface area contributed by atoms with Crippen LogP contribution in [0.3, 0.4) is 0 Å². The number of aromatic nitrogens is 5. The highest BCUT2D eigenvalue weighted by Gasteiger charge is 2.20. The number of nitrogens with zero attached hydrogens (tertiary/aromatic N) is 5. The van der Waals surface area contributed by atoms with Crippen molar-refractivity contribution in [2.45, 2.75) is 33.2 Å². The fourth-order valence-corrected chi connectivity index (χ4v) is 2.82. The number of aryl methyl sites for hydroxylation is 1. The monoisotopic (exact) mass is 306 g/mol.